The molecule has 0 unspecified atom stereocenters. The first-order valence-corrected chi connectivity index (χ1v) is 13.3. The van der Waals surface area contributed by atoms with Crippen LogP contribution in [0.4, 0.5) is 4.39 Å². The first kappa shape index (κ1) is 24.2. The zero-order valence-corrected chi connectivity index (χ0v) is 21.3. The van der Waals surface area contributed by atoms with Crippen LogP contribution in [0.5, 0.6) is 0 Å². The predicted molar refractivity (Wildman–Crippen MR) is 148 cm³/mol. The molecule has 0 N–H and O–H groups in total. The molecule has 1 fully saturated rings. The van der Waals surface area contributed by atoms with Gasteiger partial charge >= 0.3 is 0 Å². The molecular weight excluding hydrogens is 477 g/mol. The first-order chi connectivity index (χ1) is 18.6. The molecule has 0 amide bonds. The molecule has 1 aliphatic rings. The number of rotatable bonds is 7. The number of fused-ring (bicyclic) bond motifs is 1. The van der Waals surface area contributed by atoms with Crippen molar-refractivity contribution in [2.75, 3.05) is 19.6 Å². The Morgan fingerprint density at radius 3 is 2.45 bits per heavy atom. The molecule has 0 atom stereocenters. The summed E-state index contributed by atoms with van der Waals surface area (Å²) in [6, 6.07) is 17.9. The molecule has 5 heterocycles. The highest BCUT2D eigenvalue weighted by Gasteiger charge is 2.12. The van der Waals surface area contributed by atoms with Gasteiger partial charge in [0.05, 0.1) is 17.6 Å². The number of benzene rings is 1. The van der Waals surface area contributed by atoms with E-state index >= 15 is 0 Å². The van der Waals surface area contributed by atoms with E-state index in [0.29, 0.717) is 0 Å². The summed E-state index contributed by atoms with van der Waals surface area (Å²) in [7, 11) is 0. The van der Waals surface area contributed by atoms with Gasteiger partial charge in [-0.25, -0.2) is 9.37 Å². The lowest BCUT2D eigenvalue weighted by Crippen LogP contribution is -2.31. The van der Waals surface area contributed by atoms with Gasteiger partial charge in [-0.3, -0.25) is 14.2 Å². The Labute approximate surface area is 221 Å². The Bertz CT molecular complexity index is 1620. The molecular formula is C31H30FN5O. The molecule has 1 saturated heterocycles. The van der Waals surface area contributed by atoms with Crippen molar-refractivity contribution in [2.45, 2.75) is 32.2 Å². The highest BCUT2D eigenvalue weighted by molar-refractivity contribution is 5.72. The summed E-state index contributed by atoms with van der Waals surface area (Å²) < 4.78 is 17.2. The van der Waals surface area contributed by atoms with Gasteiger partial charge in [-0.05, 0) is 105 Å². The van der Waals surface area contributed by atoms with Gasteiger partial charge in [0.2, 0.25) is 0 Å². The molecule has 0 saturated carbocycles. The third kappa shape index (κ3) is 5.15. The number of hydrogen-bond donors (Lipinski definition) is 0. The van der Waals surface area contributed by atoms with E-state index in [1.54, 1.807) is 24.4 Å². The van der Waals surface area contributed by atoms with Crippen LogP contribution in [0, 0.1) is 5.82 Å². The average molecular weight is 508 g/mol. The van der Waals surface area contributed by atoms with E-state index in [1.807, 2.05) is 51.8 Å². The zero-order chi connectivity index (χ0) is 25.9. The lowest BCUT2D eigenvalue weighted by molar-refractivity contribution is 0.222. The fraction of sp³-hybridized carbons (Fsp3) is 0.258. The zero-order valence-electron chi connectivity index (χ0n) is 21.3. The minimum absolute atomic E-state index is 0.0335. The number of aryl methyl sites for hydroxylation is 1. The summed E-state index contributed by atoms with van der Waals surface area (Å²) in [4.78, 5) is 24.1. The summed E-state index contributed by atoms with van der Waals surface area (Å²) in [5, 5.41) is 0. The minimum atomic E-state index is -0.268. The second-order valence-corrected chi connectivity index (χ2v) is 9.93. The molecule has 6 nitrogen and oxygen atoms in total. The molecule has 1 aliphatic heterocycles. The van der Waals surface area contributed by atoms with Crippen LogP contribution in [0.1, 0.15) is 25.7 Å². The van der Waals surface area contributed by atoms with Crippen molar-refractivity contribution >= 4 is 5.65 Å². The lowest BCUT2D eigenvalue weighted by Gasteiger charge is -2.26. The molecule has 6 rings (SSSR count). The molecule has 0 aliphatic carbocycles. The highest BCUT2D eigenvalue weighted by Crippen LogP contribution is 2.27. The number of likely N-dealkylation sites (tertiary alicyclic amines) is 1. The van der Waals surface area contributed by atoms with E-state index in [4.69, 9.17) is 0 Å². The third-order valence-corrected chi connectivity index (χ3v) is 7.35. The van der Waals surface area contributed by atoms with Crippen molar-refractivity contribution in [2.24, 2.45) is 0 Å². The van der Waals surface area contributed by atoms with Crippen molar-refractivity contribution in [3.63, 3.8) is 0 Å². The van der Waals surface area contributed by atoms with E-state index in [2.05, 4.69) is 20.9 Å². The fourth-order valence-electron chi connectivity index (χ4n) is 5.27. The van der Waals surface area contributed by atoms with E-state index in [1.165, 1.54) is 44.5 Å². The van der Waals surface area contributed by atoms with Crippen molar-refractivity contribution in [1.82, 2.24) is 23.8 Å². The number of halogens is 1. The largest absolute Gasteiger partial charge is 0.315 e. The molecule has 4 aromatic heterocycles. The van der Waals surface area contributed by atoms with Gasteiger partial charge in [-0.2, -0.15) is 0 Å². The van der Waals surface area contributed by atoms with Crippen molar-refractivity contribution < 1.29 is 4.39 Å². The normalized spacial score (nSPS) is 14.2. The van der Waals surface area contributed by atoms with E-state index in [-0.39, 0.29) is 11.4 Å². The number of pyridine rings is 3. The maximum Gasteiger partial charge on any atom is 0.250 e. The van der Waals surface area contributed by atoms with Gasteiger partial charge in [-0.1, -0.05) is 6.42 Å². The summed E-state index contributed by atoms with van der Waals surface area (Å²) >= 11 is 0. The lowest BCUT2D eigenvalue weighted by atomic mass is 10.1. The third-order valence-electron chi connectivity index (χ3n) is 7.35. The van der Waals surface area contributed by atoms with Crippen LogP contribution in [0.3, 0.4) is 0 Å². The SMILES string of the molecule is O=c1ccc(-c2ccn3c(-c4ccnc(-c5ccc(F)cc5)c4)cnc3c2)cn1CCCN1CCCCC1. The number of aromatic nitrogens is 4. The summed E-state index contributed by atoms with van der Waals surface area (Å²) in [6.45, 7) is 4.11. The monoisotopic (exact) mass is 507 g/mol. The molecule has 0 spiro atoms. The Balaban J connectivity index is 1.23. The van der Waals surface area contributed by atoms with Crippen LogP contribution < -0.4 is 5.56 Å². The number of hydrogen-bond acceptors (Lipinski definition) is 4. The second kappa shape index (κ2) is 10.7. The maximum atomic E-state index is 13.4. The first-order valence-electron chi connectivity index (χ1n) is 13.3. The fourth-order valence-corrected chi connectivity index (χ4v) is 5.27. The number of imidazole rings is 1. The molecule has 5 aromatic rings. The van der Waals surface area contributed by atoms with Gasteiger partial charge in [0.25, 0.3) is 5.56 Å². The molecule has 0 radical (unpaired) electrons. The van der Waals surface area contributed by atoms with Gasteiger partial charge in [0.1, 0.15) is 11.5 Å². The summed E-state index contributed by atoms with van der Waals surface area (Å²) in [6.07, 6.45) is 12.5. The van der Waals surface area contributed by atoms with E-state index < -0.39 is 0 Å². The van der Waals surface area contributed by atoms with Crippen LogP contribution >= 0.6 is 0 Å². The van der Waals surface area contributed by atoms with Crippen LogP contribution in [-0.2, 0) is 6.54 Å². The van der Waals surface area contributed by atoms with Gasteiger partial charge in [0, 0.05) is 42.3 Å². The Morgan fingerprint density at radius 2 is 1.61 bits per heavy atom. The predicted octanol–water partition coefficient (Wildman–Crippen LogP) is 5.91. The second-order valence-electron chi connectivity index (χ2n) is 9.93. The smallest absolute Gasteiger partial charge is 0.250 e. The average Bonchev–Trinajstić information content (AvgIpc) is 3.39. The van der Waals surface area contributed by atoms with Crippen molar-refractivity contribution in [3.8, 4) is 33.6 Å². The molecule has 0 bridgehead atoms. The minimum Gasteiger partial charge on any atom is -0.315 e. The molecule has 7 heteroatoms. The summed E-state index contributed by atoms with van der Waals surface area (Å²) in [5.74, 6) is -0.268. The van der Waals surface area contributed by atoms with Crippen LogP contribution in [-0.4, -0.2) is 43.5 Å². The Hall–Kier alpha value is -4.10. The topological polar surface area (TPSA) is 55.4 Å². The van der Waals surface area contributed by atoms with Gasteiger partial charge in [-0.15, -0.1) is 0 Å². The maximum absolute atomic E-state index is 13.4. The molecule has 1 aromatic carbocycles. The highest BCUT2D eigenvalue weighted by atomic mass is 19.1. The number of nitrogens with zero attached hydrogens (tertiary/aromatic N) is 5. The molecule has 38 heavy (non-hydrogen) atoms. The standard InChI is InChI=1S/C31H30FN5O/c32-27-8-5-23(6-9-27)28-19-25(11-13-33-28)29-21-34-30-20-24(12-18-37(29)30)26-7-10-31(38)36(22-26)17-4-16-35-14-2-1-3-15-35/h5-13,18-22H,1-4,14-17H2. The van der Waals surface area contributed by atoms with Crippen molar-refractivity contribution in [1.29, 1.82) is 0 Å². The van der Waals surface area contributed by atoms with Gasteiger partial charge in [0.15, 0.2) is 0 Å². The van der Waals surface area contributed by atoms with Gasteiger partial charge < -0.3 is 9.47 Å². The van der Waals surface area contributed by atoms with E-state index in [0.717, 1.165) is 58.8 Å². The Kier molecular flexibility index (Phi) is 6.84. The van der Waals surface area contributed by atoms with Crippen LogP contribution in [0.15, 0.2) is 90.2 Å². The quantitative estimate of drug-likeness (QED) is 0.275. The van der Waals surface area contributed by atoms with Crippen LogP contribution in [0.2, 0.25) is 0 Å². The summed E-state index contributed by atoms with van der Waals surface area (Å²) in [5.41, 5.74) is 6.42. The van der Waals surface area contributed by atoms with Crippen molar-refractivity contribution in [3.05, 3.63) is 102 Å². The van der Waals surface area contributed by atoms with E-state index in [9.17, 15) is 9.18 Å². The molecule has 192 valence electrons. The van der Waals surface area contributed by atoms with Crippen LogP contribution in [0.25, 0.3) is 39.3 Å². The Morgan fingerprint density at radius 1 is 0.789 bits per heavy atom. The number of piperidine rings is 1.